The minimum atomic E-state index is 0.326. The van der Waals surface area contributed by atoms with E-state index in [0.717, 1.165) is 19.4 Å². The number of rotatable bonds is 3. The Kier molecular flexibility index (Phi) is 4.26. The molecule has 0 bridgehead atoms. The third-order valence-electron chi connectivity index (χ3n) is 2.93. The topological polar surface area (TPSA) is 20.3 Å². The molecule has 1 rings (SSSR count). The third-order valence-corrected chi connectivity index (χ3v) is 2.93. The van der Waals surface area contributed by atoms with E-state index in [4.69, 9.17) is 0 Å². The van der Waals surface area contributed by atoms with Gasteiger partial charge in [-0.2, -0.15) is 0 Å². The molecule has 0 aromatic heterocycles. The predicted molar refractivity (Wildman–Crippen MR) is 54.5 cm³/mol. The number of unbranched alkanes of at least 4 members (excludes halogenated alkanes) is 1. The normalized spacial score (nSPS) is 24.6. The predicted octanol–water partition coefficient (Wildman–Crippen LogP) is 2.44. The Bertz CT molecular complexity index is 167. The zero-order valence-electron chi connectivity index (χ0n) is 8.88. The van der Waals surface area contributed by atoms with E-state index < -0.39 is 0 Å². The Labute approximate surface area is 81.3 Å². The second-order valence-electron chi connectivity index (χ2n) is 4.09. The Hall–Kier alpha value is -0.530. The molecule has 1 aliphatic heterocycles. The number of hydrogen-bond acceptors (Lipinski definition) is 1. The highest BCUT2D eigenvalue weighted by atomic mass is 16.2. The highest BCUT2D eigenvalue weighted by molar-refractivity contribution is 5.78. The number of carbonyl (C=O) groups is 1. The van der Waals surface area contributed by atoms with E-state index in [1.165, 1.54) is 25.7 Å². The standard InChI is InChI=1S/C11H21NO/c1-3-4-7-10-8-5-6-9-12(2)11(10)13/h10H,3-9H2,1-2H3. The summed E-state index contributed by atoms with van der Waals surface area (Å²) in [5.41, 5.74) is 0. The van der Waals surface area contributed by atoms with Crippen LogP contribution < -0.4 is 0 Å². The van der Waals surface area contributed by atoms with Crippen molar-refractivity contribution in [2.45, 2.75) is 45.4 Å². The molecule has 13 heavy (non-hydrogen) atoms. The van der Waals surface area contributed by atoms with Gasteiger partial charge in [0.15, 0.2) is 0 Å². The lowest BCUT2D eigenvalue weighted by Crippen LogP contribution is -2.31. The second kappa shape index (κ2) is 5.25. The molecular weight excluding hydrogens is 162 g/mol. The van der Waals surface area contributed by atoms with Gasteiger partial charge in [0.1, 0.15) is 0 Å². The van der Waals surface area contributed by atoms with E-state index >= 15 is 0 Å². The zero-order valence-corrected chi connectivity index (χ0v) is 8.88. The molecule has 0 N–H and O–H groups in total. The highest BCUT2D eigenvalue weighted by Gasteiger charge is 2.23. The molecule has 2 nitrogen and oxygen atoms in total. The Morgan fingerprint density at radius 3 is 2.92 bits per heavy atom. The van der Waals surface area contributed by atoms with Crippen LogP contribution in [0.4, 0.5) is 0 Å². The summed E-state index contributed by atoms with van der Waals surface area (Å²) in [4.78, 5) is 13.7. The van der Waals surface area contributed by atoms with Crippen LogP contribution in [0.3, 0.4) is 0 Å². The van der Waals surface area contributed by atoms with Gasteiger partial charge in [-0.15, -0.1) is 0 Å². The highest BCUT2D eigenvalue weighted by Crippen LogP contribution is 2.21. The lowest BCUT2D eigenvalue weighted by atomic mass is 9.96. The van der Waals surface area contributed by atoms with Crippen LogP contribution in [0.5, 0.6) is 0 Å². The van der Waals surface area contributed by atoms with Crippen molar-refractivity contribution in [1.82, 2.24) is 4.90 Å². The van der Waals surface area contributed by atoms with Crippen LogP contribution >= 0.6 is 0 Å². The van der Waals surface area contributed by atoms with Crippen molar-refractivity contribution in [3.8, 4) is 0 Å². The molecule has 0 radical (unpaired) electrons. The van der Waals surface area contributed by atoms with Crippen LogP contribution in [0.25, 0.3) is 0 Å². The van der Waals surface area contributed by atoms with Crippen molar-refractivity contribution in [2.75, 3.05) is 13.6 Å². The fraction of sp³-hybridized carbons (Fsp3) is 0.909. The maximum absolute atomic E-state index is 11.8. The molecule has 1 aliphatic rings. The molecule has 1 heterocycles. The van der Waals surface area contributed by atoms with E-state index in [9.17, 15) is 4.79 Å². The Balaban J connectivity index is 2.44. The first kappa shape index (κ1) is 10.6. The smallest absolute Gasteiger partial charge is 0.225 e. The molecule has 1 fully saturated rings. The van der Waals surface area contributed by atoms with Crippen LogP contribution in [-0.4, -0.2) is 24.4 Å². The van der Waals surface area contributed by atoms with Gasteiger partial charge < -0.3 is 4.90 Å². The van der Waals surface area contributed by atoms with Crippen LogP contribution in [0.1, 0.15) is 45.4 Å². The van der Waals surface area contributed by atoms with E-state index in [1.54, 1.807) is 0 Å². The molecule has 2 heteroatoms. The Morgan fingerprint density at radius 1 is 1.46 bits per heavy atom. The van der Waals surface area contributed by atoms with Gasteiger partial charge in [-0.25, -0.2) is 0 Å². The third kappa shape index (κ3) is 3.02. The largest absolute Gasteiger partial charge is 0.346 e. The fourth-order valence-corrected chi connectivity index (χ4v) is 2.00. The van der Waals surface area contributed by atoms with Crippen molar-refractivity contribution < 1.29 is 4.79 Å². The van der Waals surface area contributed by atoms with Gasteiger partial charge in [-0.1, -0.05) is 26.2 Å². The van der Waals surface area contributed by atoms with Gasteiger partial charge in [0.25, 0.3) is 0 Å². The van der Waals surface area contributed by atoms with E-state index in [1.807, 2.05) is 11.9 Å². The summed E-state index contributed by atoms with van der Waals surface area (Å²) in [6.07, 6.45) is 7.02. The summed E-state index contributed by atoms with van der Waals surface area (Å²) in [5.74, 6) is 0.707. The molecular formula is C11H21NO. The van der Waals surface area contributed by atoms with Crippen molar-refractivity contribution in [2.24, 2.45) is 5.92 Å². The van der Waals surface area contributed by atoms with Crippen molar-refractivity contribution in [1.29, 1.82) is 0 Å². The van der Waals surface area contributed by atoms with Gasteiger partial charge in [0, 0.05) is 19.5 Å². The number of nitrogens with zero attached hydrogens (tertiary/aromatic N) is 1. The molecule has 1 amide bonds. The van der Waals surface area contributed by atoms with E-state index in [2.05, 4.69) is 6.92 Å². The van der Waals surface area contributed by atoms with Crippen molar-refractivity contribution in [3.63, 3.8) is 0 Å². The number of carbonyl (C=O) groups excluding carboxylic acids is 1. The molecule has 0 spiro atoms. The molecule has 0 aliphatic carbocycles. The van der Waals surface area contributed by atoms with Crippen LogP contribution in [0.2, 0.25) is 0 Å². The lowest BCUT2D eigenvalue weighted by molar-refractivity contribution is -0.133. The summed E-state index contributed by atoms with van der Waals surface area (Å²) in [7, 11) is 1.94. The number of amides is 1. The quantitative estimate of drug-likeness (QED) is 0.658. The lowest BCUT2D eigenvalue weighted by Gasteiger charge is -2.19. The van der Waals surface area contributed by atoms with E-state index in [0.29, 0.717) is 11.8 Å². The first-order valence-electron chi connectivity index (χ1n) is 5.50. The minimum absolute atomic E-state index is 0.326. The molecule has 1 unspecified atom stereocenters. The summed E-state index contributed by atoms with van der Waals surface area (Å²) < 4.78 is 0. The molecule has 0 aromatic rings. The second-order valence-corrected chi connectivity index (χ2v) is 4.09. The average molecular weight is 183 g/mol. The first-order chi connectivity index (χ1) is 6.25. The molecule has 1 saturated heterocycles. The van der Waals surface area contributed by atoms with Crippen LogP contribution in [0.15, 0.2) is 0 Å². The van der Waals surface area contributed by atoms with Gasteiger partial charge in [-0.3, -0.25) is 4.79 Å². The summed E-state index contributed by atoms with van der Waals surface area (Å²) in [6, 6.07) is 0. The maximum Gasteiger partial charge on any atom is 0.225 e. The molecule has 1 atom stereocenters. The Morgan fingerprint density at radius 2 is 2.23 bits per heavy atom. The maximum atomic E-state index is 11.8. The summed E-state index contributed by atoms with van der Waals surface area (Å²) >= 11 is 0. The molecule has 0 aromatic carbocycles. The minimum Gasteiger partial charge on any atom is -0.346 e. The zero-order chi connectivity index (χ0) is 9.68. The fourth-order valence-electron chi connectivity index (χ4n) is 2.00. The monoisotopic (exact) mass is 183 g/mol. The van der Waals surface area contributed by atoms with Gasteiger partial charge in [0.2, 0.25) is 5.91 Å². The van der Waals surface area contributed by atoms with Crippen molar-refractivity contribution >= 4 is 5.91 Å². The van der Waals surface area contributed by atoms with Crippen LogP contribution in [-0.2, 0) is 4.79 Å². The summed E-state index contributed by atoms with van der Waals surface area (Å²) in [6.45, 7) is 3.15. The SMILES string of the molecule is CCCCC1CCCCN(C)C1=O. The van der Waals surface area contributed by atoms with E-state index in [-0.39, 0.29) is 0 Å². The summed E-state index contributed by atoms with van der Waals surface area (Å²) in [5, 5.41) is 0. The van der Waals surface area contributed by atoms with Crippen LogP contribution in [0, 0.1) is 5.92 Å². The first-order valence-corrected chi connectivity index (χ1v) is 5.50. The van der Waals surface area contributed by atoms with Gasteiger partial charge >= 0.3 is 0 Å². The molecule has 76 valence electrons. The average Bonchev–Trinajstić information content (AvgIpc) is 2.28. The van der Waals surface area contributed by atoms with Gasteiger partial charge in [-0.05, 0) is 19.3 Å². The molecule has 0 saturated carbocycles. The van der Waals surface area contributed by atoms with Crippen molar-refractivity contribution in [3.05, 3.63) is 0 Å². The number of hydrogen-bond donors (Lipinski definition) is 0. The number of likely N-dealkylation sites (tertiary alicyclic amines) is 1. The van der Waals surface area contributed by atoms with Gasteiger partial charge in [0.05, 0.1) is 0 Å².